The van der Waals surface area contributed by atoms with Crippen molar-refractivity contribution >= 4 is 7.60 Å². The summed E-state index contributed by atoms with van der Waals surface area (Å²) in [4.78, 5) is 0. The average Bonchev–Trinajstić information content (AvgIpc) is 2.85. The summed E-state index contributed by atoms with van der Waals surface area (Å²) in [6, 6.07) is 4.85. The molecule has 1 aromatic carbocycles. The Balaban J connectivity index is 2.26. The number of fused-ring (bicyclic) bond motifs is 1. The molecule has 0 saturated carbocycles. The number of hydrogen-bond acceptors (Lipinski definition) is 6. The van der Waals surface area contributed by atoms with E-state index in [2.05, 4.69) is 0 Å². The molecule has 2 rings (SSSR count). The maximum Gasteiger partial charge on any atom is 0.363 e. The molecule has 0 fully saturated rings. The van der Waals surface area contributed by atoms with E-state index in [9.17, 15) is 9.67 Å². The fraction of sp³-hybridized carbons (Fsp3) is 0.500. The highest BCUT2D eigenvalue weighted by Gasteiger charge is 2.36. The van der Waals surface area contributed by atoms with Gasteiger partial charge in [-0.05, 0) is 31.5 Å². The van der Waals surface area contributed by atoms with Crippen molar-refractivity contribution in [2.45, 2.75) is 19.7 Å². The van der Waals surface area contributed by atoms with Crippen molar-refractivity contribution in [1.29, 1.82) is 0 Å². The van der Waals surface area contributed by atoms with Gasteiger partial charge in [-0.15, -0.1) is 0 Å². The first-order valence-corrected chi connectivity index (χ1v) is 7.68. The number of hydrogen-bond donors (Lipinski definition) is 1. The molecule has 0 unspecified atom stereocenters. The Morgan fingerprint density at radius 1 is 1.26 bits per heavy atom. The molecule has 1 aromatic rings. The second kappa shape index (κ2) is 5.92. The Kier molecular flexibility index (Phi) is 4.47. The van der Waals surface area contributed by atoms with Crippen molar-refractivity contribution in [3.63, 3.8) is 0 Å². The topological polar surface area (TPSA) is 74.2 Å². The summed E-state index contributed by atoms with van der Waals surface area (Å²) in [6.45, 7) is 3.91. The zero-order chi connectivity index (χ0) is 13.9. The zero-order valence-corrected chi connectivity index (χ0v) is 11.8. The minimum atomic E-state index is -3.60. The summed E-state index contributed by atoms with van der Waals surface area (Å²) in [5.74, 6) is -0.239. The van der Waals surface area contributed by atoms with Crippen molar-refractivity contribution in [2.75, 3.05) is 20.0 Å². The number of ether oxygens (including phenoxy) is 2. The van der Waals surface area contributed by atoms with E-state index in [0.29, 0.717) is 17.1 Å². The molecule has 0 aromatic heterocycles. The van der Waals surface area contributed by atoms with Crippen molar-refractivity contribution in [3.8, 4) is 11.5 Å². The Morgan fingerprint density at radius 3 is 2.53 bits per heavy atom. The fourth-order valence-corrected chi connectivity index (χ4v) is 3.40. The van der Waals surface area contributed by atoms with E-state index >= 15 is 0 Å². The van der Waals surface area contributed by atoms with Crippen LogP contribution in [0.15, 0.2) is 18.2 Å². The Morgan fingerprint density at radius 2 is 1.89 bits per heavy atom. The fourth-order valence-electron chi connectivity index (χ4n) is 1.79. The van der Waals surface area contributed by atoms with Crippen LogP contribution in [0, 0.1) is 0 Å². The summed E-state index contributed by atoms with van der Waals surface area (Å²) < 4.78 is 33.1. The lowest BCUT2D eigenvalue weighted by Gasteiger charge is -2.22. The molecule has 0 radical (unpaired) electrons. The Bertz CT molecular complexity index is 479. The maximum absolute atomic E-state index is 12.4. The van der Waals surface area contributed by atoms with Crippen LogP contribution in [0.1, 0.15) is 25.3 Å². The van der Waals surface area contributed by atoms with Gasteiger partial charge in [0.05, 0.1) is 13.2 Å². The van der Waals surface area contributed by atoms with Crippen LogP contribution in [0.4, 0.5) is 0 Å². The first-order valence-electron chi connectivity index (χ1n) is 6.07. The Hall–Kier alpha value is -1.07. The standard InChI is InChI=1S/C12H17O6P/c1-3-17-19(14,18-4-2)12(13)9-5-6-10-11(7-9)16-8-15-10/h5-7,12-13H,3-4,8H2,1-2H3/t12-/m1/s1. The highest BCUT2D eigenvalue weighted by atomic mass is 31.2. The van der Waals surface area contributed by atoms with Gasteiger partial charge in [-0.25, -0.2) is 0 Å². The first kappa shape index (κ1) is 14.3. The van der Waals surface area contributed by atoms with E-state index in [1.165, 1.54) is 0 Å². The van der Waals surface area contributed by atoms with Gasteiger partial charge in [0, 0.05) is 0 Å². The van der Waals surface area contributed by atoms with Crippen LogP contribution >= 0.6 is 7.60 Å². The lowest BCUT2D eigenvalue weighted by Crippen LogP contribution is -2.06. The third-order valence-electron chi connectivity index (χ3n) is 2.61. The molecule has 1 atom stereocenters. The van der Waals surface area contributed by atoms with Crippen molar-refractivity contribution < 1.29 is 28.2 Å². The van der Waals surface area contributed by atoms with Crippen LogP contribution in [0.25, 0.3) is 0 Å². The van der Waals surface area contributed by atoms with Gasteiger partial charge in [-0.2, -0.15) is 0 Å². The van der Waals surface area contributed by atoms with Crippen LogP contribution in [0.3, 0.4) is 0 Å². The van der Waals surface area contributed by atoms with Crippen LogP contribution < -0.4 is 9.47 Å². The molecule has 1 aliphatic heterocycles. The van der Waals surface area contributed by atoms with E-state index in [1.807, 2.05) is 0 Å². The zero-order valence-electron chi connectivity index (χ0n) is 10.9. The molecule has 0 saturated heterocycles. The minimum Gasteiger partial charge on any atom is -0.454 e. The molecular formula is C12H17O6P. The molecule has 6 nitrogen and oxygen atoms in total. The third kappa shape index (κ3) is 2.92. The lowest BCUT2D eigenvalue weighted by molar-refractivity contribution is 0.150. The van der Waals surface area contributed by atoms with Crippen LogP contribution in [0.2, 0.25) is 0 Å². The summed E-state index contributed by atoms with van der Waals surface area (Å²) in [7, 11) is -3.60. The van der Waals surface area contributed by atoms with Crippen molar-refractivity contribution in [3.05, 3.63) is 23.8 Å². The van der Waals surface area contributed by atoms with E-state index < -0.39 is 13.4 Å². The SMILES string of the molecule is CCOP(=O)(OCC)[C@@H](O)c1ccc2c(c1)OCO2. The Labute approximate surface area is 111 Å². The molecule has 0 bridgehead atoms. The molecule has 7 heteroatoms. The molecule has 19 heavy (non-hydrogen) atoms. The van der Waals surface area contributed by atoms with Gasteiger partial charge in [-0.1, -0.05) is 6.07 Å². The normalized spacial score (nSPS) is 15.5. The third-order valence-corrected chi connectivity index (χ3v) is 4.75. The average molecular weight is 288 g/mol. The van der Waals surface area contributed by atoms with Gasteiger partial charge in [0.25, 0.3) is 0 Å². The highest BCUT2D eigenvalue weighted by molar-refractivity contribution is 7.54. The number of aliphatic hydroxyl groups excluding tert-OH is 1. The molecule has 0 aliphatic carbocycles. The summed E-state index contributed by atoms with van der Waals surface area (Å²) in [5, 5.41) is 10.2. The van der Waals surface area contributed by atoms with Gasteiger partial charge in [0.2, 0.25) is 6.79 Å². The monoisotopic (exact) mass is 288 g/mol. The number of benzene rings is 1. The van der Waals surface area contributed by atoms with Crippen LogP contribution in [0.5, 0.6) is 11.5 Å². The molecular weight excluding hydrogens is 271 g/mol. The van der Waals surface area contributed by atoms with Crippen LogP contribution in [-0.4, -0.2) is 25.1 Å². The van der Waals surface area contributed by atoms with Gasteiger partial charge >= 0.3 is 7.60 Å². The largest absolute Gasteiger partial charge is 0.454 e. The highest BCUT2D eigenvalue weighted by Crippen LogP contribution is 2.60. The maximum atomic E-state index is 12.4. The van der Waals surface area contributed by atoms with Gasteiger partial charge in [-0.3, -0.25) is 4.57 Å². The minimum absolute atomic E-state index is 0.142. The predicted molar refractivity (Wildman–Crippen MR) is 68.4 cm³/mol. The molecule has 1 aliphatic rings. The molecule has 0 amide bonds. The molecule has 1 N–H and O–H groups in total. The second-order valence-corrected chi connectivity index (χ2v) is 5.95. The molecule has 0 spiro atoms. The van der Waals surface area contributed by atoms with E-state index in [1.54, 1.807) is 32.0 Å². The second-order valence-electron chi connectivity index (χ2n) is 3.86. The summed E-state index contributed by atoms with van der Waals surface area (Å²) in [6.07, 6.45) is 0. The quantitative estimate of drug-likeness (QED) is 0.811. The number of rotatable bonds is 6. The van der Waals surface area contributed by atoms with E-state index in [-0.39, 0.29) is 20.0 Å². The van der Waals surface area contributed by atoms with Crippen molar-refractivity contribution in [1.82, 2.24) is 0 Å². The van der Waals surface area contributed by atoms with E-state index in [4.69, 9.17) is 18.5 Å². The van der Waals surface area contributed by atoms with E-state index in [0.717, 1.165) is 0 Å². The van der Waals surface area contributed by atoms with Gasteiger partial charge in [0.1, 0.15) is 0 Å². The van der Waals surface area contributed by atoms with Gasteiger partial charge in [0.15, 0.2) is 17.3 Å². The lowest BCUT2D eigenvalue weighted by atomic mass is 10.2. The van der Waals surface area contributed by atoms with Gasteiger partial charge < -0.3 is 23.6 Å². The van der Waals surface area contributed by atoms with Crippen LogP contribution in [-0.2, 0) is 13.6 Å². The first-order chi connectivity index (χ1) is 9.10. The predicted octanol–water partition coefficient (Wildman–Crippen LogP) is 2.67. The summed E-state index contributed by atoms with van der Waals surface area (Å²) >= 11 is 0. The number of aliphatic hydroxyl groups is 1. The van der Waals surface area contributed by atoms with Crippen molar-refractivity contribution in [2.24, 2.45) is 0 Å². The molecule has 106 valence electrons. The smallest absolute Gasteiger partial charge is 0.363 e. The molecule has 1 heterocycles. The summed E-state index contributed by atoms with van der Waals surface area (Å²) in [5.41, 5.74) is 0.412.